The van der Waals surface area contributed by atoms with E-state index in [1.54, 1.807) is 0 Å². The highest BCUT2D eigenvalue weighted by Gasteiger charge is 2.51. The first-order valence-electron chi connectivity index (χ1n) is 7.19. The predicted octanol–water partition coefficient (Wildman–Crippen LogP) is -4.19. The third-order valence-corrected chi connectivity index (χ3v) is 4.51. The van der Waals surface area contributed by atoms with E-state index >= 15 is 0 Å². The monoisotopic (exact) mass is 319 g/mol. The molecule has 0 aromatic carbocycles. The Bertz CT molecular complexity index is 446. The average molecular weight is 319 g/mol. The summed E-state index contributed by atoms with van der Waals surface area (Å²) in [4.78, 5) is 0. The highest BCUT2D eigenvalue weighted by Crippen LogP contribution is 2.29. The van der Waals surface area contributed by atoms with Gasteiger partial charge in [0.2, 0.25) is 0 Å². The van der Waals surface area contributed by atoms with Gasteiger partial charge in [-0.1, -0.05) is 6.08 Å². The highest BCUT2D eigenvalue weighted by molar-refractivity contribution is 5.22. The van der Waals surface area contributed by atoms with Gasteiger partial charge in [0.15, 0.2) is 6.29 Å². The summed E-state index contributed by atoms with van der Waals surface area (Å²) in [6.45, 7) is -0.315. The number of ether oxygens (including phenoxy) is 2. The molecule has 0 amide bonds. The van der Waals surface area contributed by atoms with Crippen LogP contribution in [0.3, 0.4) is 0 Å². The van der Waals surface area contributed by atoms with Gasteiger partial charge >= 0.3 is 0 Å². The maximum absolute atomic E-state index is 10.1. The molecule has 2 heterocycles. The van der Waals surface area contributed by atoms with Crippen LogP contribution >= 0.6 is 0 Å². The summed E-state index contributed by atoms with van der Waals surface area (Å²) in [6, 6.07) is -1.68. The molecule has 6 unspecified atom stereocenters. The van der Waals surface area contributed by atoms with E-state index in [0.717, 1.165) is 0 Å². The lowest BCUT2D eigenvalue weighted by Crippen LogP contribution is -2.64. The van der Waals surface area contributed by atoms with Gasteiger partial charge in [-0.3, -0.25) is 5.32 Å². The summed E-state index contributed by atoms with van der Waals surface area (Å²) in [7, 11) is 0. The minimum atomic E-state index is -1.48. The number of hydrogen-bond acceptors (Lipinski definition) is 9. The smallest absolute Gasteiger partial charge is 0.176 e. The Kier molecular flexibility index (Phi) is 4.52. The first-order chi connectivity index (χ1) is 10.4. The fraction of sp³-hybridized carbons (Fsp3) is 0.846. The molecule has 0 aromatic heterocycles. The van der Waals surface area contributed by atoms with Crippen molar-refractivity contribution in [3.63, 3.8) is 0 Å². The van der Waals surface area contributed by atoms with Crippen LogP contribution < -0.4 is 5.32 Å². The topological polar surface area (TPSA) is 152 Å². The van der Waals surface area contributed by atoms with Crippen molar-refractivity contribution in [3.8, 4) is 0 Å². The molecular formula is C13H21NO8. The maximum Gasteiger partial charge on any atom is 0.176 e. The summed E-state index contributed by atoms with van der Waals surface area (Å²) < 4.78 is 10.8. The average Bonchev–Trinajstić information content (AvgIpc) is 2.96. The zero-order valence-corrected chi connectivity index (χ0v) is 11.7. The van der Waals surface area contributed by atoms with Gasteiger partial charge in [0.25, 0.3) is 0 Å². The minimum Gasteiger partial charge on any atom is -0.392 e. The van der Waals surface area contributed by atoms with Gasteiger partial charge in [-0.05, 0) is 5.57 Å². The van der Waals surface area contributed by atoms with Crippen LogP contribution in [0.4, 0.5) is 0 Å². The van der Waals surface area contributed by atoms with E-state index in [0.29, 0.717) is 0 Å². The zero-order chi connectivity index (χ0) is 16.0. The van der Waals surface area contributed by atoms with Crippen LogP contribution in [0.1, 0.15) is 0 Å². The number of nitrogens with one attached hydrogen (secondary N) is 1. The first kappa shape index (κ1) is 16.2. The van der Waals surface area contributed by atoms with E-state index in [4.69, 9.17) is 9.47 Å². The standard InChI is InChI=1S/C13H21NO8/c15-2-4-1-5(9(17)12(20)8(4)16)14-7-11(19)10(18)6-3-21-13(7)22-6/h1,5-20H,2-3H2/t5?,6?,7?,8-,9+,10?,11-,12?,13?/m1/s1. The van der Waals surface area contributed by atoms with Gasteiger partial charge in [-0.2, -0.15) is 0 Å². The Morgan fingerprint density at radius 2 is 1.77 bits per heavy atom. The Hall–Kier alpha value is -0.620. The lowest BCUT2D eigenvalue weighted by atomic mass is 9.87. The summed E-state index contributed by atoms with van der Waals surface area (Å²) >= 11 is 0. The van der Waals surface area contributed by atoms with Crippen LogP contribution in [0.25, 0.3) is 0 Å². The molecular weight excluding hydrogens is 298 g/mol. The Labute approximate surface area is 126 Å². The Morgan fingerprint density at radius 1 is 1.05 bits per heavy atom. The van der Waals surface area contributed by atoms with Crippen molar-refractivity contribution in [2.45, 2.75) is 55.0 Å². The molecule has 9 nitrogen and oxygen atoms in total. The molecule has 2 saturated heterocycles. The van der Waals surface area contributed by atoms with E-state index in [-0.39, 0.29) is 12.2 Å². The maximum atomic E-state index is 10.1. The van der Waals surface area contributed by atoms with Crippen molar-refractivity contribution < 1.29 is 40.1 Å². The molecule has 7 N–H and O–H groups in total. The van der Waals surface area contributed by atoms with Crippen molar-refractivity contribution in [1.82, 2.24) is 5.32 Å². The van der Waals surface area contributed by atoms with Crippen molar-refractivity contribution in [2.24, 2.45) is 0 Å². The van der Waals surface area contributed by atoms with Crippen LogP contribution in [0, 0.1) is 0 Å². The Morgan fingerprint density at radius 3 is 2.45 bits per heavy atom. The Balaban J connectivity index is 1.78. The molecule has 126 valence electrons. The van der Waals surface area contributed by atoms with Crippen molar-refractivity contribution in [1.29, 1.82) is 0 Å². The molecule has 22 heavy (non-hydrogen) atoms. The zero-order valence-electron chi connectivity index (χ0n) is 11.7. The molecule has 2 bridgehead atoms. The molecule has 2 aliphatic heterocycles. The van der Waals surface area contributed by atoms with Gasteiger partial charge in [-0.15, -0.1) is 0 Å². The van der Waals surface area contributed by atoms with E-state index in [2.05, 4.69) is 5.32 Å². The van der Waals surface area contributed by atoms with Gasteiger partial charge in [-0.25, -0.2) is 0 Å². The second-order valence-electron chi connectivity index (χ2n) is 5.90. The summed E-state index contributed by atoms with van der Waals surface area (Å²) in [5.41, 5.74) is 0.160. The highest BCUT2D eigenvalue weighted by atomic mass is 16.7. The van der Waals surface area contributed by atoms with Crippen molar-refractivity contribution in [2.75, 3.05) is 13.2 Å². The summed E-state index contributed by atoms with van der Waals surface area (Å²) in [5.74, 6) is 0. The molecule has 2 fully saturated rings. The number of hydrogen-bond donors (Lipinski definition) is 7. The lowest BCUT2D eigenvalue weighted by Gasteiger charge is -2.41. The number of aliphatic hydroxyl groups is 6. The van der Waals surface area contributed by atoms with E-state index in [9.17, 15) is 30.6 Å². The quantitative estimate of drug-likeness (QED) is 0.257. The number of rotatable bonds is 3. The lowest BCUT2D eigenvalue weighted by molar-refractivity contribution is -0.189. The van der Waals surface area contributed by atoms with Gasteiger partial charge in [0.05, 0.1) is 25.3 Å². The molecule has 0 saturated carbocycles. The first-order valence-corrected chi connectivity index (χ1v) is 7.19. The fourth-order valence-electron chi connectivity index (χ4n) is 3.14. The predicted molar refractivity (Wildman–Crippen MR) is 70.5 cm³/mol. The number of fused-ring (bicyclic) bond motifs is 2. The molecule has 3 rings (SSSR count). The van der Waals surface area contributed by atoms with Crippen LogP contribution in [0.5, 0.6) is 0 Å². The molecule has 1 aliphatic carbocycles. The SMILES string of the molecule is OCC1=CC(NC2C3OCC(O3)C(O)[C@@H]2O)[C@H](O)C(O)[C@@H]1O. The summed E-state index contributed by atoms with van der Waals surface area (Å²) in [6.07, 6.45) is -6.48. The third-order valence-electron chi connectivity index (χ3n) is 4.51. The van der Waals surface area contributed by atoms with Gasteiger partial charge in [0.1, 0.15) is 36.6 Å². The van der Waals surface area contributed by atoms with Crippen molar-refractivity contribution in [3.05, 3.63) is 11.6 Å². The van der Waals surface area contributed by atoms with Crippen LogP contribution in [-0.2, 0) is 9.47 Å². The second kappa shape index (κ2) is 6.11. The van der Waals surface area contributed by atoms with Gasteiger partial charge < -0.3 is 40.1 Å². The molecule has 0 aromatic rings. The van der Waals surface area contributed by atoms with Crippen LogP contribution in [0.2, 0.25) is 0 Å². The fourth-order valence-corrected chi connectivity index (χ4v) is 3.14. The van der Waals surface area contributed by atoms with Crippen LogP contribution in [-0.4, -0.2) is 98.9 Å². The van der Waals surface area contributed by atoms with E-state index in [1.165, 1.54) is 6.08 Å². The van der Waals surface area contributed by atoms with Gasteiger partial charge in [0, 0.05) is 0 Å². The normalized spacial score (nSPS) is 51.7. The summed E-state index contributed by atoms with van der Waals surface area (Å²) in [5, 5.41) is 61.7. The van der Waals surface area contributed by atoms with E-state index < -0.39 is 61.6 Å². The van der Waals surface area contributed by atoms with Crippen LogP contribution in [0.15, 0.2) is 11.6 Å². The minimum absolute atomic E-state index is 0.160. The van der Waals surface area contributed by atoms with E-state index in [1.807, 2.05) is 0 Å². The molecule has 0 radical (unpaired) electrons. The second-order valence-corrected chi connectivity index (χ2v) is 5.90. The molecule has 9 atom stereocenters. The molecule has 0 spiro atoms. The number of aliphatic hydroxyl groups excluding tert-OH is 6. The molecule has 3 aliphatic rings. The largest absolute Gasteiger partial charge is 0.392 e. The third kappa shape index (κ3) is 2.58. The molecule has 9 heteroatoms. The van der Waals surface area contributed by atoms with Crippen molar-refractivity contribution >= 4 is 0 Å².